The van der Waals surface area contributed by atoms with Gasteiger partial charge in [-0.3, -0.25) is 9.88 Å². The molecule has 0 atom stereocenters. The van der Waals surface area contributed by atoms with Gasteiger partial charge in [0.25, 0.3) is 0 Å². The van der Waals surface area contributed by atoms with Gasteiger partial charge in [0.2, 0.25) is 0 Å². The van der Waals surface area contributed by atoms with Gasteiger partial charge in [0.1, 0.15) is 5.75 Å². The van der Waals surface area contributed by atoms with Gasteiger partial charge in [0.05, 0.1) is 6.33 Å². The highest BCUT2D eigenvalue weighted by Crippen LogP contribution is 2.16. The number of aromatic nitrogens is 3. The number of amides is 1. The normalized spacial score (nSPS) is 14.7. The monoisotopic (exact) mass is 391 g/mol. The lowest BCUT2D eigenvalue weighted by Gasteiger charge is -2.33. The molecule has 0 bridgehead atoms. The first-order valence-corrected chi connectivity index (χ1v) is 9.91. The Morgan fingerprint density at radius 3 is 2.59 bits per heavy atom. The Hall–Kier alpha value is -3.19. The number of rotatable bonds is 6. The van der Waals surface area contributed by atoms with Crippen LogP contribution in [0, 0.1) is 0 Å². The van der Waals surface area contributed by atoms with Crippen molar-refractivity contribution in [2.45, 2.75) is 12.8 Å². The summed E-state index contributed by atoms with van der Waals surface area (Å²) in [6, 6.07) is 13.5. The summed E-state index contributed by atoms with van der Waals surface area (Å²) in [7, 11) is 0. The molecule has 0 radical (unpaired) electrons. The number of aromatic amines is 1. The molecule has 1 amide bonds. The predicted molar refractivity (Wildman–Crippen MR) is 110 cm³/mol. The molecule has 3 heterocycles. The zero-order chi connectivity index (χ0) is 19.9. The van der Waals surface area contributed by atoms with Crippen LogP contribution in [0.4, 0.5) is 4.79 Å². The number of nitrogens with zero attached hydrogens (tertiary/aromatic N) is 4. The first kappa shape index (κ1) is 19.1. The molecule has 2 aromatic heterocycles. The van der Waals surface area contributed by atoms with E-state index < -0.39 is 0 Å². The van der Waals surface area contributed by atoms with Crippen molar-refractivity contribution in [3.63, 3.8) is 0 Å². The Kier molecular flexibility index (Phi) is 6.16. The Morgan fingerprint density at radius 1 is 1.07 bits per heavy atom. The molecule has 0 spiro atoms. The fourth-order valence-corrected chi connectivity index (χ4v) is 3.41. The summed E-state index contributed by atoms with van der Waals surface area (Å²) in [5.41, 5.74) is 3.29. The smallest absolute Gasteiger partial charge is 0.410 e. The second kappa shape index (κ2) is 9.34. The van der Waals surface area contributed by atoms with E-state index in [1.165, 1.54) is 0 Å². The van der Waals surface area contributed by atoms with Gasteiger partial charge in [0, 0.05) is 69.3 Å². The second-order valence-corrected chi connectivity index (χ2v) is 7.17. The number of carbonyl (C=O) groups excluding carboxylic acids is 1. The maximum atomic E-state index is 12.5. The quantitative estimate of drug-likeness (QED) is 0.699. The van der Waals surface area contributed by atoms with Crippen LogP contribution >= 0.6 is 0 Å². The number of piperazine rings is 1. The topological polar surface area (TPSA) is 74.3 Å². The van der Waals surface area contributed by atoms with Gasteiger partial charge in [-0.1, -0.05) is 18.2 Å². The molecule has 29 heavy (non-hydrogen) atoms. The maximum Gasteiger partial charge on any atom is 0.415 e. The minimum atomic E-state index is -0.282. The molecule has 7 heteroatoms. The molecule has 0 aliphatic carbocycles. The van der Waals surface area contributed by atoms with Crippen LogP contribution in [0.2, 0.25) is 0 Å². The molecule has 7 nitrogen and oxygen atoms in total. The van der Waals surface area contributed by atoms with E-state index in [0.717, 1.165) is 49.4 Å². The number of benzene rings is 1. The standard InChI is InChI=1S/C22H25N5O2/c28-22(27-13-11-26(12-14-27)10-8-20-16-23-17-25-20)29-21-6-4-18(5-7-21)15-19-3-1-2-9-24-19/h1-7,9,16-17H,8,10-15H2,(H,23,25). The van der Waals surface area contributed by atoms with Crippen molar-refractivity contribution in [1.82, 2.24) is 24.8 Å². The zero-order valence-corrected chi connectivity index (χ0v) is 16.3. The number of ether oxygens (including phenoxy) is 1. The molecule has 1 fully saturated rings. The summed E-state index contributed by atoms with van der Waals surface area (Å²) < 4.78 is 5.55. The molecular weight excluding hydrogens is 366 g/mol. The lowest BCUT2D eigenvalue weighted by Crippen LogP contribution is -2.49. The first-order chi connectivity index (χ1) is 14.3. The molecule has 1 N–H and O–H groups in total. The van der Waals surface area contributed by atoms with Crippen molar-refractivity contribution in [3.8, 4) is 5.75 Å². The van der Waals surface area contributed by atoms with Gasteiger partial charge in [-0.25, -0.2) is 9.78 Å². The largest absolute Gasteiger partial charge is 0.415 e. The fraction of sp³-hybridized carbons (Fsp3) is 0.318. The van der Waals surface area contributed by atoms with Gasteiger partial charge in [-0.15, -0.1) is 0 Å². The Labute approximate surface area is 170 Å². The van der Waals surface area contributed by atoms with Gasteiger partial charge < -0.3 is 14.6 Å². The molecule has 1 aliphatic heterocycles. The lowest BCUT2D eigenvalue weighted by molar-refractivity contribution is 0.111. The second-order valence-electron chi connectivity index (χ2n) is 7.17. The van der Waals surface area contributed by atoms with Crippen LogP contribution in [-0.2, 0) is 12.8 Å². The maximum absolute atomic E-state index is 12.5. The first-order valence-electron chi connectivity index (χ1n) is 9.91. The molecule has 1 saturated heterocycles. The van der Waals surface area contributed by atoms with Crippen LogP contribution in [0.25, 0.3) is 0 Å². The van der Waals surface area contributed by atoms with E-state index in [9.17, 15) is 4.79 Å². The summed E-state index contributed by atoms with van der Waals surface area (Å²) in [5.74, 6) is 0.571. The Morgan fingerprint density at radius 2 is 1.90 bits per heavy atom. The van der Waals surface area contributed by atoms with Gasteiger partial charge in [-0.2, -0.15) is 0 Å². The number of imidazole rings is 1. The molecule has 1 aromatic carbocycles. The number of pyridine rings is 1. The highest BCUT2D eigenvalue weighted by molar-refractivity contribution is 5.70. The summed E-state index contributed by atoms with van der Waals surface area (Å²) in [6.45, 7) is 4.03. The van der Waals surface area contributed by atoms with Crippen molar-refractivity contribution in [2.24, 2.45) is 0 Å². The van der Waals surface area contributed by atoms with E-state index in [2.05, 4.69) is 19.9 Å². The van der Waals surface area contributed by atoms with E-state index in [0.29, 0.717) is 18.8 Å². The number of H-pyrrole nitrogens is 1. The van der Waals surface area contributed by atoms with Crippen LogP contribution in [0.15, 0.2) is 61.2 Å². The molecule has 150 valence electrons. The minimum absolute atomic E-state index is 0.282. The van der Waals surface area contributed by atoms with Gasteiger partial charge in [-0.05, 0) is 29.8 Å². The van der Waals surface area contributed by atoms with Crippen molar-refractivity contribution in [3.05, 3.63) is 78.1 Å². The molecule has 0 saturated carbocycles. The summed E-state index contributed by atoms with van der Waals surface area (Å²) >= 11 is 0. The van der Waals surface area contributed by atoms with Gasteiger partial charge in [0.15, 0.2) is 0 Å². The zero-order valence-electron chi connectivity index (χ0n) is 16.3. The van der Waals surface area contributed by atoms with E-state index in [4.69, 9.17) is 4.74 Å². The highest BCUT2D eigenvalue weighted by atomic mass is 16.6. The van der Waals surface area contributed by atoms with Crippen molar-refractivity contribution in [1.29, 1.82) is 0 Å². The van der Waals surface area contributed by atoms with Gasteiger partial charge >= 0.3 is 6.09 Å². The number of nitrogens with one attached hydrogen (secondary N) is 1. The average Bonchev–Trinajstić information content (AvgIpc) is 3.28. The Balaban J connectivity index is 1.22. The van der Waals surface area contributed by atoms with Crippen LogP contribution < -0.4 is 4.74 Å². The Bertz CT molecular complexity index is 889. The summed E-state index contributed by atoms with van der Waals surface area (Å²) in [4.78, 5) is 28.1. The SMILES string of the molecule is O=C(Oc1ccc(Cc2ccccn2)cc1)N1CCN(CCc2cnc[nH]2)CC1. The number of hydrogen-bond acceptors (Lipinski definition) is 5. The molecule has 0 unspecified atom stereocenters. The van der Waals surface area contributed by atoms with E-state index >= 15 is 0 Å². The summed E-state index contributed by atoms with van der Waals surface area (Å²) in [6.07, 6.45) is 6.77. The fourth-order valence-electron chi connectivity index (χ4n) is 3.41. The molecule has 4 rings (SSSR count). The highest BCUT2D eigenvalue weighted by Gasteiger charge is 2.22. The van der Waals surface area contributed by atoms with E-state index in [-0.39, 0.29) is 6.09 Å². The average molecular weight is 391 g/mol. The van der Waals surface area contributed by atoms with Crippen molar-refractivity contribution < 1.29 is 9.53 Å². The molecular formula is C22H25N5O2. The van der Waals surface area contributed by atoms with E-state index in [1.54, 1.807) is 17.4 Å². The third-order valence-electron chi connectivity index (χ3n) is 5.12. The number of hydrogen-bond donors (Lipinski definition) is 1. The lowest BCUT2D eigenvalue weighted by atomic mass is 10.1. The minimum Gasteiger partial charge on any atom is -0.410 e. The third-order valence-corrected chi connectivity index (χ3v) is 5.12. The van der Waals surface area contributed by atoms with Crippen LogP contribution in [-0.4, -0.2) is 63.6 Å². The number of carbonyl (C=O) groups is 1. The predicted octanol–water partition coefficient (Wildman–Crippen LogP) is 2.75. The van der Waals surface area contributed by atoms with Crippen molar-refractivity contribution in [2.75, 3.05) is 32.7 Å². The van der Waals surface area contributed by atoms with Crippen LogP contribution in [0.3, 0.4) is 0 Å². The van der Waals surface area contributed by atoms with Crippen molar-refractivity contribution >= 4 is 6.09 Å². The summed E-state index contributed by atoms with van der Waals surface area (Å²) in [5, 5.41) is 0. The molecule has 1 aliphatic rings. The molecule has 3 aromatic rings. The van der Waals surface area contributed by atoms with Crippen LogP contribution in [0.1, 0.15) is 17.0 Å². The third kappa shape index (κ3) is 5.42. The van der Waals surface area contributed by atoms with Crippen LogP contribution in [0.5, 0.6) is 5.75 Å². The van der Waals surface area contributed by atoms with E-state index in [1.807, 2.05) is 48.7 Å².